The molecule has 2 heterocycles. The average molecular weight is 387 g/mol. The van der Waals surface area contributed by atoms with Crippen LogP contribution in [-0.4, -0.2) is 66.9 Å². The molecule has 3 rings (SSSR count). The lowest BCUT2D eigenvalue weighted by atomic mass is 9.82. The number of hydrogen-bond donors (Lipinski definition) is 1. The number of nitrogens with one attached hydrogen (secondary N) is 1. The molecular formula is C21H29N3O4. The highest BCUT2D eigenvalue weighted by molar-refractivity contribution is 5.79. The van der Waals surface area contributed by atoms with Gasteiger partial charge in [0, 0.05) is 46.1 Å². The summed E-state index contributed by atoms with van der Waals surface area (Å²) >= 11 is 0. The van der Waals surface area contributed by atoms with Gasteiger partial charge >= 0.3 is 0 Å². The van der Waals surface area contributed by atoms with Gasteiger partial charge in [-0.1, -0.05) is 18.2 Å². The van der Waals surface area contributed by atoms with E-state index in [-0.39, 0.29) is 24.3 Å². The van der Waals surface area contributed by atoms with Gasteiger partial charge in [0.1, 0.15) is 5.75 Å². The van der Waals surface area contributed by atoms with Crippen LogP contribution < -0.4 is 10.1 Å². The molecule has 3 amide bonds. The smallest absolute Gasteiger partial charge is 0.260 e. The van der Waals surface area contributed by atoms with E-state index in [0.29, 0.717) is 56.7 Å². The molecule has 1 aromatic carbocycles. The number of para-hydroxylation sites is 1. The van der Waals surface area contributed by atoms with Crippen LogP contribution in [0.5, 0.6) is 5.75 Å². The maximum Gasteiger partial charge on any atom is 0.260 e. The van der Waals surface area contributed by atoms with Crippen LogP contribution in [0.25, 0.3) is 0 Å². The van der Waals surface area contributed by atoms with E-state index in [1.165, 1.54) is 6.92 Å². The number of ether oxygens (including phenoxy) is 1. The summed E-state index contributed by atoms with van der Waals surface area (Å²) in [5.74, 6) is 1.44. The molecule has 2 saturated heterocycles. The van der Waals surface area contributed by atoms with Crippen LogP contribution in [0.15, 0.2) is 30.3 Å². The first-order valence-electron chi connectivity index (χ1n) is 10.0. The molecule has 7 nitrogen and oxygen atoms in total. The Morgan fingerprint density at radius 1 is 1.14 bits per heavy atom. The molecular weight excluding hydrogens is 358 g/mol. The molecule has 2 aliphatic rings. The Morgan fingerprint density at radius 3 is 2.64 bits per heavy atom. The van der Waals surface area contributed by atoms with Gasteiger partial charge in [-0.25, -0.2) is 0 Å². The summed E-state index contributed by atoms with van der Waals surface area (Å²) in [6.07, 6.45) is 2.28. The highest BCUT2D eigenvalue weighted by atomic mass is 16.5. The Morgan fingerprint density at radius 2 is 1.89 bits per heavy atom. The Kier molecular flexibility index (Phi) is 6.90. The SMILES string of the molecule is CC(=O)NCCN1CC[C@@H]2CN(C(=O)COc3ccccc3)CC[C@H]2CC1=O. The summed E-state index contributed by atoms with van der Waals surface area (Å²) in [5.41, 5.74) is 0. The second-order valence-corrected chi connectivity index (χ2v) is 7.61. The van der Waals surface area contributed by atoms with E-state index in [2.05, 4.69) is 5.32 Å². The molecule has 0 spiro atoms. The van der Waals surface area contributed by atoms with Crippen LogP contribution in [0.4, 0.5) is 0 Å². The van der Waals surface area contributed by atoms with Crippen molar-refractivity contribution in [2.24, 2.45) is 11.8 Å². The van der Waals surface area contributed by atoms with Crippen LogP contribution in [0.3, 0.4) is 0 Å². The second-order valence-electron chi connectivity index (χ2n) is 7.61. The molecule has 0 unspecified atom stereocenters. The van der Waals surface area contributed by atoms with Crippen molar-refractivity contribution in [2.45, 2.75) is 26.2 Å². The first-order valence-corrected chi connectivity index (χ1v) is 10.0. The molecule has 1 N–H and O–H groups in total. The summed E-state index contributed by atoms with van der Waals surface area (Å²) in [7, 11) is 0. The fourth-order valence-corrected chi connectivity index (χ4v) is 4.06. The van der Waals surface area contributed by atoms with Gasteiger partial charge in [-0.2, -0.15) is 0 Å². The zero-order valence-corrected chi connectivity index (χ0v) is 16.4. The quantitative estimate of drug-likeness (QED) is 0.798. The monoisotopic (exact) mass is 387 g/mol. The van der Waals surface area contributed by atoms with Gasteiger partial charge < -0.3 is 19.9 Å². The zero-order chi connectivity index (χ0) is 19.9. The standard InChI is InChI=1S/C21H29N3O4/c1-16(25)22-9-12-23-10-8-18-14-24(11-7-17(18)13-20(23)26)21(27)15-28-19-5-3-2-4-6-19/h2-6,17-18H,7-15H2,1H3,(H,22,25)/t17-,18+/m0/s1. The number of piperidine rings is 1. The lowest BCUT2D eigenvalue weighted by Gasteiger charge is -2.37. The summed E-state index contributed by atoms with van der Waals surface area (Å²) in [4.78, 5) is 39.8. The minimum atomic E-state index is -0.0807. The topological polar surface area (TPSA) is 79.0 Å². The van der Waals surface area contributed by atoms with Crippen LogP contribution in [0, 0.1) is 11.8 Å². The van der Waals surface area contributed by atoms with Gasteiger partial charge in [0.05, 0.1) is 0 Å². The van der Waals surface area contributed by atoms with Crippen molar-refractivity contribution in [1.29, 1.82) is 0 Å². The Bertz CT molecular complexity index is 694. The molecule has 152 valence electrons. The van der Waals surface area contributed by atoms with Crippen molar-refractivity contribution in [3.05, 3.63) is 30.3 Å². The summed E-state index contributed by atoms with van der Waals surface area (Å²) in [6, 6.07) is 9.35. The maximum atomic E-state index is 12.5. The number of carbonyl (C=O) groups is 3. The number of benzene rings is 1. The van der Waals surface area contributed by atoms with Gasteiger partial charge in [0.2, 0.25) is 11.8 Å². The number of carbonyl (C=O) groups excluding carboxylic acids is 3. The molecule has 0 aliphatic carbocycles. The minimum Gasteiger partial charge on any atom is -0.484 e. The molecule has 0 radical (unpaired) electrons. The summed E-state index contributed by atoms with van der Waals surface area (Å²) in [5, 5.41) is 2.75. The number of hydrogen-bond acceptors (Lipinski definition) is 4. The van der Waals surface area contributed by atoms with Gasteiger partial charge in [-0.05, 0) is 36.8 Å². The van der Waals surface area contributed by atoms with Crippen molar-refractivity contribution >= 4 is 17.7 Å². The lowest BCUT2D eigenvalue weighted by molar-refractivity contribution is -0.136. The molecule has 0 bridgehead atoms. The predicted molar refractivity (Wildman–Crippen MR) is 105 cm³/mol. The summed E-state index contributed by atoms with van der Waals surface area (Å²) < 4.78 is 5.59. The fraction of sp³-hybridized carbons (Fsp3) is 0.571. The van der Waals surface area contributed by atoms with E-state index in [1.54, 1.807) is 0 Å². The van der Waals surface area contributed by atoms with E-state index in [0.717, 1.165) is 12.8 Å². The van der Waals surface area contributed by atoms with E-state index in [9.17, 15) is 14.4 Å². The minimum absolute atomic E-state index is 0.000362. The first kappa shape index (κ1) is 20.2. The van der Waals surface area contributed by atoms with Gasteiger partial charge in [0.15, 0.2) is 6.61 Å². The van der Waals surface area contributed by atoms with Crippen molar-refractivity contribution < 1.29 is 19.1 Å². The van der Waals surface area contributed by atoms with E-state index in [4.69, 9.17) is 4.74 Å². The molecule has 1 aromatic rings. The van der Waals surface area contributed by atoms with Crippen molar-refractivity contribution in [1.82, 2.24) is 15.1 Å². The number of amides is 3. The number of nitrogens with zero attached hydrogens (tertiary/aromatic N) is 2. The van der Waals surface area contributed by atoms with Gasteiger partial charge in [-0.3, -0.25) is 14.4 Å². The second kappa shape index (κ2) is 9.57. The van der Waals surface area contributed by atoms with E-state index >= 15 is 0 Å². The first-order chi connectivity index (χ1) is 13.5. The zero-order valence-electron chi connectivity index (χ0n) is 16.4. The number of likely N-dealkylation sites (tertiary alicyclic amines) is 2. The van der Waals surface area contributed by atoms with Crippen LogP contribution in [0.1, 0.15) is 26.2 Å². The van der Waals surface area contributed by atoms with Crippen LogP contribution >= 0.6 is 0 Å². The maximum absolute atomic E-state index is 12.5. The highest BCUT2D eigenvalue weighted by Crippen LogP contribution is 2.32. The molecule has 0 saturated carbocycles. The van der Waals surface area contributed by atoms with E-state index in [1.807, 2.05) is 40.1 Å². The molecule has 2 atom stereocenters. The normalized spacial score (nSPS) is 22.2. The molecule has 7 heteroatoms. The number of rotatable bonds is 6. The lowest BCUT2D eigenvalue weighted by Crippen LogP contribution is -2.45. The molecule has 2 aliphatic heterocycles. The molecule has 28 heavy (non-hydrogen) atoms. The average Bonchev–Trinajstić information content (AvgIpc) is 2.85. The van der Waals surface area contributed by atoms with Crippen LogP contribution in [0.2, 0.25) is 0 Å². The van der Waals surface area contributed by atoms with Crippen LogP contribution in [-0.2, 0) is 14.4 Å². The Balaban J connectivity index is 1.49. The fourth-order valence-electron chi connectivity index (χ4n) is 4.06. The Hall–Kier alpha value is -2.57. The molecule has 2 fully saturated rings. The highest BCUT2D eigenvalue weighted by Gasteiger charge is 2.36. The predicted octanol–water partition coefficient (Wildman–Crippen LogP) is 1.29. The summed E-state index contributed by atoms with van der Waals surface area (Å²) in [6.45, 7) is 4.60. The third kappa shape index (κ3) is 5.47. The number of fused-ring (bicyclic) bond motifs is 1. The Labute approximate surface area is 166 Å². The third-order valence-electron chi connectivity index (χ3n) is 5.66. The van der Waals surface area contributed by atoms with Gasteiger partial charge in [-0.15, -0.1) is 0 Å². The van der Waals surface area contributed by atoms with Crippen molar-refractivity contribution in [2.75, 3.05) is 39.3 Å². The van der Waals surface area contributed by atoms with Crippen molar-refractivity contribution in [3.63, 3.8) is 0 Å². The van der Waals surface area contributed by atoms with E-state index < -0.39 is 0 Å². The largest absolute Gasteiger partial charge is 0.484 e. The third-order valence-corrected chi connectivity index (χ3v) is 5.66. The molecule has 0 aromatic heterocycles. The van der Waals surface area contributed by atoms with Gasteiger partial charge in [0.25, 0.3) is 5.91 Å². The van der Waals surface area contributed by atoms with Crippen molar-refractivity contribution in [3.8, 4) is 5.75 Å².